The van der Waals surface area contributed by atoms with Crippen LogP contribution in [-0.4, -0.2) is 39.2 Å². The molecule has 6 heteroatoms. The summed E-state index contributed by atoms with van der Waals surface area (Å²) in [5, 5.41) is 4.78. The van der Waals surface area contributed by atoms with Crippen LogP contribution >= 0.6 is 0 Å². The Morgan fingerprint density at radius 2 is 1.43 bits per heavy atom. The third kappa shape index (κ3) is 9.83. The van der Waals surface area contributed by atoms with Gasteiger partial charge in [-0.1, -0.05) is 66.3 Å². The first kappa shape index (κ1) is 32.9. The van der Waals surface area contributed by atoms with Crippen molar-refractivity contribution in [2.75, 3.05) is 19.0 Å². The van der Waals surface area contributed by atoms with Crippen molar-refractivity contribution in [1.82, 2.24) is 5.32 Å². The number of rotatable bonds is 6. The fourth-order valence-corrected chi connectivity index (χ4v) is 5.18. The maximum absolute atomic E-state index is 12.7. The zero-order chi connectivity index (χ0) is 26.5. The Kier molecular flexibility index (Phi) is 12.0. The van der Waals surface area contributed by atoms with Crippen molar-refractivity contribution >= 4 is 32.2 Å². The Hall–Kier alpha value is -2.08. The molecule has 1 unspecified atom stereocenters. The van der Waals surface area contributed by atoms with Gasteiger partial charge >= 0.3 is 0 Å². The quantitative estimate of drug-likeness (QED) is 0.454. The minimum atomic E-state index is -3.36. The first-order chi connectivity index (χ1) is 15.4. The van der Waals surface area contributed by atoms with Gasteiger partial charge in [-0.05, 0) is 57.6 Å². The van der Waals surface area contributed by atoms with Crippen molar-refractivity contribution in [1.29, 1.82) is 0 Å². The second-order valence-corrected chi connectivity index (χ2v) is 14.6. The van der Waals surface area contributed by atoms with Crippen LogP contribution in [0.5, 0.6) is 0 Å². The standard InChI is InChI=1S/C16H21NO2S.C12H25NO.CH4/c1-16(2,3)20(18,19)15-11-7-8-12-13(15)9-6-10-14(12)17(4)5;1-9(2)7-10(3)13-11(14)8-12(4,5)6;/h6-11H,1-5H3;9-10H,7-8H2,1-6H3,(H,13,14);1H4. The molecule has 0 saturated carbocycles. The third-order valence-electron chi connectivity index (χ3n) is 5.36. The van der Waals surface area contributed by atoms with Crippen LogP contribution in [0.1, 0.15) is 82.6 Å². The normalized spacial score (nSPS) is 12.9. The van der Waals surface area contributed by atoms with E-state index in [2.05, 4.69) is 46.9 Å². The van der Waals surface area contributed by atoms with E-state index in [1.165, 1.54) is 0 Å². The Morgan fingerprint density at radius 3 is 1.89 bits per heavy atom. The van der Waals surface area contributed by atoms with Crippen molar-refractivity contribution in [3.05, 3.63) is 36.4 Å². The Morgan fingerprint density at radius 1 is 0.914 bits per heavy atom. The lowest BCUT2D eigenvalue weighted by atomic mass is 9.91. The lowest BCUT2D eigenvalue weighted by Crippen LogP contribution is -2.35. The van der Waals surface area contributed by atoms with E-state index in [1.807, 2.05) is 49.3 Å². The summed E-state index contributed by atoms with van der Waals surface area (Å²) in [5.41, 5.74) is 1.11. The molecule has 2 rings (SSSR count). The lowest BCUT2D eigenvalue weighted by molar-refractivity contribution is -0.123. The van der Waals surface area contributed by atoms with Crippen LogP contribution in [0.3, 0.4) is 0 Å². The molecule has 5 nitrogen and oxygen atoms in total. The number of sulfone groups is 1. The van der Waals surface area contributed by atoms with Crippen LogP contribution < -0.4 is 10.2 Å². The molecule has 2 aromatic rings. The van der Waals surface area contributed by atoms with Gasteiger partial charge in [0.25, 0.3) is 0 Å². The van der Waals surface area contributed by atoms with Crippen LogP contribution in [0, 0.1) is 11.3 Å². The number of hydrogen-bond donors (Lipinski definition) is 1. The molecule has 0 aliphatic rings. The van der Waals surface area contributed by atoms with Gasteiger partial charge in [-0.2, -0.15) is 0 Å². The number of fused-ring (bicyclic) bond motifs is 1. The molecule has 0 aliphatic heterocycles. The number of nitrogens with zero attached hydrogens (tertiary/aromatic N) is 1. The molecule has 1 N–H and O–H groups in total. The summed E-state index contributed by atoms with van der Waals surface area (Å²) >= 11 is 0. The highest BCUT2D eigenvalue weighted by molar-refractivity contribution is 7.93. The van der Waals surface area contributed by atoms with Gasteiger partial charge in [0.1, 0.15) is 0 Å². The van der Waals surface area contributed by atoms with Crippen molar-refractivity contribution in [3.63, 3.8) is 0 Å². The summed E-state index contributed by atoms with van der Waals surface area (Å²) in [6.45, 7) is 17.9. The molecule has 0 saturated heterocycles. The Labute approximate surface area is 215 Å². The highest BCUT2D eigenvalue weighted by Crippen LogP contribution is 2.34. The second kappa shape index (κ2) is 12.8. The SMILES string of the molecule is C.CC(C)CC(C)NC(=O)CC(C)(C)C.CN(C)c1cccc2c(S(=O)(=O)C(C)(C)C)cccc12. The zero-order valence-corrected chi connectivity index (χ0v) is 23.9. The van der Waals surface area contributed by atoms with Gasteiger partial charge in [0.05, 0.1) is 9.64 Å². The van der Waals surface area contributed by atoms with Crippen LogP contribution in [0.4, 0.5) is 5.69 Å². The van der Waals surface area contributed by atoms with Crippen molar-refractivity contribution in [2.24, 2.45) is 11.3 Å². The molecule has 1 atom stereocenters. The predicted octanol–water partition coefficient (Wildman–Crippen LogP) is 7.09. The van der Waals surface area contributed by atoms with Gasteiger partial charge in [-0.3, -0.25) is 4.79 Å². The Bertz CT molecular complexity index is 1060. The van der Waals surface area contributed by atoms with Crippen LogP contribution in [0.2, 0.25) is 0 Å². The summed E-state index contributed by atoms with van der Waals surface area (Å²) in [7, 11) is 0.552. The minimum Gasteiger partial charge on any atom is -0.377 e. The molecule has 0 aliphatic carbocycles. The highest BCUT2D eigenvalue weighted by atomic mass is 32.2. The maximum atomic E-state index is 12.7. The van der Waals surface area contributed by atoms with Crippen LogP contribution in [0.15, 0.2) is 41.3 Å². The van der Waals surface area contributed by atoms with Crippen molar-refractivity contribution in [3.8, 4) is 0 Å². The lowest BCUT2D eigenvalue weighted by Gasteiger charge is -2.22. The van der Waals surface area contributed by atoms with E-state index in [4.69, 9.17) is 0 Å². The number of anilines is 1. The highest BCUT2D eigenvalue weighted by Gasteiger charge is 2.32. The van der Waals surface area contributed by atoms with E-state index in [-0.39, 0.29) is 18.7 Å². The molecular formula is C29H50N2O3S. The van der Waals surface area contributed by atoms with E-state index in [1.54, 1.807) is 26.8 Å². The molecule has 1 amide bonds. The van der Waals surface area contributed by atoms with Gasteiger partial charge in [0.15, 0.2) is 9.84 Å². The number of carbonyl (C=O) groups is 1. The second-order valence-electron chi connectivity index (χ2n) is 12.0. The summed E-state index contributed by atoms with van der Waals surface area (Å²) < 4.78 is 24.7. The van der Waals surface area contributed by atoms with Gasteiger partial charge in [0.2, 0.25) is 5.91 Å². The smallest absolute Gasteiger partial charge is 0.220 e. The number of amides is 1. The first-order valence-corrected chi connectivity index (χ1v) is 13.6. The average molecular weight is 507 g/mol. The molecule has 35 heavy (non-hydrogen) atoms. The molecule has 0 spiro atoms. The molecular weight excluding hydrogens is 456 g/mol. The Balaban J connectivity index is 0.000000686. The van der Waals surface area contributed by atoms with Crippen molar-refractivity contribution < 1.29 is 13.2 Å². The number of benzene rings is 2. The molecule has 2 aromatic carbocycles. The van der Waals surface area contributed by atoms with Gasteiger partial charge in [-0.25, -0.2) is 8.42 Å². The van der Waals surface area contributed by atoms with E-state index < -0.39 is 14.6 Å². The van der Waals surface area contributed by atoms with E-state index in [0.29, 0.717) is 23.3 Å². The van der Waals surface area contributed by atoms with E-state index >= 15 is 0 Å². The van der Waals surface area contributed by atoms with Crippen molar-refractivity contribution in [2.45, 2.75) is 98.3 Å². The summed E-state index contributed by atoms with van der Waals surface area (Å²) in [6, 6.07) is 11.5. The predicted molar refractivity (Wildman–Crippen MR) is 153 cm³/mol. The third-order valence-corrected chi connectivity index (χ3v) is 7.91. The average Bonchev–Trinajstić information content (AvgIpc) is 2.64. The fraction of sp³-hybridized carbons (Fsp3) is 0.621. The largest absolute Gasteiger partial charge is 0.377 e. The van der Waals surface area contributed by atoms with Crippen LogP contribution in [-0.2, 0) is 14.6 Å². The molecule has 0 bridgehead atoms. The number of carbonyl (C=O) groups excluding carboxylic acids is 1. The topological polar surface area (TPSA) is 66.5 Å². The molecule has 0 heterocycles. The molecule has 0 aromatic heterocycles. The van der Waals surface area contributed by atoms with Crippen LogP contribution in [0.25, 0.3) is 10.8 Å². The maximum Gasteiger partial charge on any atom is 0.220 e. The monoisotopic (exact) mass is 506 g/mol. The zero-order valence-electron chi connectivity index (χ0n) is 23.1. The van der Waals surface area contributed by atoms with E-state index in [0.717, 1.165) is 22.9 Å². The summed E-state index contributed by atoms with van der Waals surface area (Å²) in [6.07, 6.45) is 1.66. The van der Waals surface area contributed by atoms with Gasteiger partial charge in [0, 0.05) is 43.0 Å². The minimum absolute atomic E-state index is 0. The number of hydrogen-bond acceptors (Lipinski definition) is 4. The molecule has 200 valence electrons. The van der Waals surface area contributed by atoms with Gasteiger partial charge < -0.3 is 10.2 Å². The summed E-state index contributed by atoms with van der Waals surface area (Å²) in [4.78, 5) is 13.9. The fourth-order valence-electron chi connectivity index (χ4n) is 3.79. The van der Waals surface area contributed by atoms with E-state index in [9.17, 15) is 13.2 Å². The summed E-state index contributed by atoms with van der Waals surface area (Å²) in [5.74, 6) is 0.811. The molecule has 0 radical (unpaired) electrons. The molecule has 0 fully saturated rings. The number of nitrogens with one attached hydrogen (secondary N) is 1. The first-order valence-electron chi connectivity index (χ1n) is 12.1. The van der Waals surface area contributed by atoms with Gasteiger partial charge in [-0.15, -0.1) is 0 Å².